The second-order valence-electron chi connectivity index (χ2n) is 3.98. The molecule has 3 N–H and O–H groups in total. The van der Waals surface area contributed by atoms with Crippen LogP contribution in [0.2, 0.25) is 0 Å². The van der Waals surface area contributed by atoms with Crippen molar-refractivity contribution in [2.24, 2.45) is 5.84 Å². The zero-order valence-electron chi connectivity index (χ0n) is 10.9. The van der Waals surface area contributed by atoms with Gasteiger partial charge in [-0.3, -0.25) is 10.1 Å². The molecule has 1 unspecified atom stereocenters. The molecule has 7 heteroatoms. The number of rotatable bonds is 6. The molecule has 1 rings (SSSR count). The van der Waals surface area contributed by atoms with Crippen LogP contribution < -0.4 is 16.2 Å². The molecule has 1 heterocycles. The van der Waals surface area contributed by atoms with E-state index >= 15 is 0 Å². The fourth-order valence-corrected chi connectivity index (χ4v) is 1.77. The number of hydrogen-bond acceptors (Lipinski definition) is 6. The van der Waals surface area contributed by atoms with E-state index in [1.807, 2.05) is 25.7 Å². The van der Waals surface area contributed by atoms with Crippen LogP contribution in [-0.4, -0.2) is 22.5 Å². The molecule has 0 aliphatic carbocycles. The molecule has 0 bridgehead atoms. The van der Waals surface area contributed by atoms with Gasteiger partial charge in [0.1, 0.15) is 5.82 Å². The first kappa shape index (κ1) is 14.2. The number of anilines is 2. The van der Waals surface area contributed by atoms with E-state index in [0.717, 1.165) is 6.42 Å². The van der Waals surface area contributed by atoms with E-state index in [-0.39, 0.29) is 11.7 Å². The first-order valence-electron chi connectivity index (χ1n) is 5.93. The Hall–Kier alpha value is -1.89. The molecule has 0 radical (unpaired) electrons. The molecule has 7 nitrogen and oxygen atoms in total. The summed E-state index contributed by atoms with van der Waals surface area (Å²) >= 11 is 0. The fourth-order valence-electron chi connectivity index (χ4n) is 1.77. The molecule has 1 aromatic rings. The van der Waals surface area contributed by atoms with Crippen LogP contribution in [0.3, 0.4) is 0 Å². The van der Waals surface area contributed by atoms with Crippen LogP contribution in [-0.2, 0) is 0 Å². The van der Waals surface area contributed by atoms with Crippen LogP contribution in [0.5, 0.6) is 0 Å². The van der Waals surface area contributed by atoms with Gasteiger partial charge in [0.05, 0.1) is 4.92 Å². The Balaban J connectivity index is 3.28. The molecule has 18 heavy (non-hydrogen) atoms. The van der Waals surface area contributed by atoms with Gasteiger partial charge in [0.2, 0.25) is 5.82 Å². The molecule has 0 saturated carbocycles. The standard InChI is InChI=1S/C11H19N5O2/c1-4-8(3)15(5-2)11-9(16(17)18)6-7-10(13-11)14-12/h6-8H,4-5,12H2,1-3H3,(H,13,14). The Morgan fingerprint density at radius 2 is 2.22 bits per heavy atom. The minimum atomic E-state index is -0.423. The topological polar surface area (TPSA) is 97.3 Å². The van der Waals surface area contributed by atoms with E-state index in [1.54, 1.807) is 0 Å². The van der Waals surface area contributed by atoms with Crippen molar-refractivity contribution < 1.29 is 4.92 Å². The maximum atomic E-state index is 11.0. The number of pyridine rings is 1. The number of hydrogen-bond donors (Lipinski definition) is 2. The minimum Gasteiger partial charge on any atom is -0.348 e. The van der Waals surface area contributed by atoms with Crippen LogP contribution in [0.4, 0.5) is 17.3 Å². The van der Waals surface area contributed by atoms with Crippen LogP contribution in [0, 0.1) is 10.1 Å². The lowest BCUT2D eigenvalue weighted by molar-refractivity contribution is -0.384. The van der Waals surface area contributed by atoms with E-state index in [2.05, 4.69) is 10.4 Å². The third-order valence-electron chi connectivity index (χ3n) is 2.93. The van der Waals surface area contributed by atoms with Crippen molar-refractivity contribution in [2.75, 3.05) is 16.9 Å². The third-order valence-corrected chi connectivity index (χ3v) is 2.93. The van der Waals surface area contributed by atoms with E-state index in [4.69, 9.17) is 5.84 Å². The van der Waals surface area contributed by atoms with Crippen molar-refractivity contribution in [1.29, 1.82) is 0 Å². The molecule has 0 spiro atoms. The van der Waals surface area contributed by atoms with Gasteiger partial charge in [-0.25, -0.2) is 10.8 Å². The summed E-state index contributed by atoms with van der Waals surface area (Å²) in [4.78, 5) is 16.7. The SMILES string of the molecule is CCC(C)N(CC)c1nc(NN)ccc1[N+](=O)[O-]. The van der Waals surface area contributed by atoms with Crippen LogP contribution in [0.15, 0.2) is 12.1 Å². The summed E-state index contributed by atoms with van der Waals surface area (Å²) in [6, 6.07) is 3.09. The summed E-state index contributed by atoms with van der Waals surface area (Å²) in [6.45, 7) is 6.64. The normalized spacial score (nSPS) is 12.0. The predicted molar refractivity (Wildman–Crippen MR) is 71.5 cm³/mol. The molecule has 100 valence electrons. The van der Waals surface area contributed by atoms with Crippen LogP contribution in [0.1, 0.15) is 27.2 Å². The van der Waals surface area contributed by atoms with Gasteiger partial charge in [-0.05, 0) is 26.3 Å². The summed E-state index contributed by atoms with van der Waals surface area (Å²) in [5.74, 6) is 6.06. The molecule has 1 aromatic heterocycles. The summed E-state index contributed by atoms with van der Waals surface area (Å²) in [7, 11) is 0. The highest BCUT2D eigenvalue weighted by Gasteiger charge is 2.23. The number of nitrogens with two attached hydrogens (primary N) is 1. The van der Waals surface area contributed by atoms with Gasteiger partial charge in [0.25, 0.3) is 0 Å². The number of nitro groups is 1. The highest BCUT2D eigenvalue weighted by atomic mass is 16.6. The van der Waals surface area contributed by atoms with Crippen molar-refractivity contribution in [1.82, 2.24) is 4.98 Å². The predicted octanol–water partition coefficient (Wildman–Crippen LogP) is 1.90. The Kier molecular flexibility index (Phi) is 4.85. The second kappa shape index (κ2) is 6.15. The number of nitrogens with one attached hydrogen (secondary N) is 1. The van der Waals surface area contributed by atoms with E-state index in [9.17, 15) is 10.1 Å². The molecular formula is C11H19N5O2. The molecular weight excluding hydrogens is 234 g/mol. The zero-order chi connectivity index (χ0) is 13.7. The Labute approximate surface area is 106 Å². The first-order valence-corrected chi connectivity index (χ1v) is 5.93. The van der Waals surface area contributed by atoms with Crippen molar-refractivity contribution >= 4 is 17.3 Å². The maximum Gasteiger partial charge on any atom is 0.311 e. The highest BCUT2D eigenvalue weighted by molar-refractivity contribution is 5.62. The van der Waals surface area contributed by atoms with Gasteiger partial charge in [-0.2, -0.15) is 0 Å². The quantitative estimate of drug-likeness (QED) is 0.456. The number of hydrazine groups is 1. The summed E-state index contributed by atoms with van der Waals surface area (Å²) in [5, 5.41) is 11.0. The van der Waals surface area contributed by atoms with Crippen molar-refractivity contribution in [3.63, 3.8) is 0 Å². The van der Waals surface area contributed by atoms with Crippen molar-refractivity contribution in [3.8, 4) is 0 Å². The van der Waals surface area contributed by atoms with Crippen molar-refractivity contribution in [2.45, 2.75) is 33.2 Å². The summed E-state index contributed by atoms with van der Waals surface area (Å²) < 4.78 is 0. The highest BCUT2D eigenvalue weighted by Crippen LogP contribution is 2.29. The average molecular weight is 253 g/mol. The molecule has 1 atom stereocenters. The lowest BCUT2D eigenvalue weighted by atomic mass is 10.2. The summed E-state index contributed by atoms with van der Waals surface area (Å²) in [6.07, 6.45) is 0.882. The Bertz CT molecular complexity index is 424. The lowest BCUT2D eigenvalue weighted by Crippen LogP contribution is -2.33. The number of nitrogens with zero attached hydrogens (tertiary/aromatic N) is 3. The molecule has 0 fully saturated rings. The smallest absolute Gasteiger partial charge is 0.311 e. The molecule has 0 aliphatic heterocycles. The molecule has 0 saturated heterocycles. The van der Waals surface area contributed by atoms with Gasteiger partial charge in [-0.1, -0.05) is 6.92 Å². The third kappa shape index (κ3) is 2.86. The minimum absolute atomic E-state index is 0.00356. The van der Waals surface area contributed by atoms with E-state index < -0.39 is 4.92 Å². The van der Waals surface area contributed by atoms with E-state index in [1.165, 1.54) is 12.1 Å². The first-order chi connectivity index (χ1) is 8.54. The monoisotopic (exact) mass is 253 g/mol. The van der Waals surface area contributed by atoms with Gasteiger partial charge in [-0.15, -0.1) is 0 Å². The van der Waals surface area contributed by atoms with E-state index in [0.29, 0.717) is 18.2 Å². The van der Waals surface area contributed by atoms with Crippen LogP contribution >= 0.6 is 0 Å². The molecule has 0 amide bonds. The fraction of sp³-hybridized carbons (Fsp3) is 0.545. The molecule has 0 aromatic carbocycles. The maximum absolute atomic E-state index is 11.0. The van der Waals surface area contributed by atoms with Crippen molar-refractivity contribution in [3.05, 3.63) is 22.2 Å². The Morgan fingerprint density at radius 3 is 2.67 bits per heavy atom. The lowest BCUT2D eigenvalue weighted by Gasteiger charge is -2.28. The average Bonchev–Trinajstić information content (AvgIpc) is 2.38. The molecule has 0 aliphatic rings. The number of nitrogen functional groups attached to an aromatic ring is 1. The Morgan fingerprint density at radius 1 is 1.56 bits per heavy atom. The van der Waals surface area contributed by atoms with Gasteiger partial charge < -0.3 is 10.3 Å². The second-order valence-corrected chi connectivity index (χ2v) is 3.98. The van der Waals surface area contributed by atoms with Crippen LogP contribution in [0.25, 0.3) is 0 Å². The number of aromatic nitrogens is 1. The summed E-state index contributed by atoms with van der Waals surface area (Å²) in [5.41, 5.74) is 2.41. The largest absolute Gasteiger partial charge is 0.348 e. The van der Waals surface area contributed by atoms with Gasteiger partial charge in [0, 0.05) is 18.7 Å². The zero-order valence-corrected chi connectivity index (χ0v) is 10.9. The van der Waals surface area contributed by atoms with Gasteiger partial charge >= 0.3 is 5.69 Å². The van der Waals surface area contributed by atoms with Gasteiger partial charge in [0.15, 0.2) is 0 Å².